The third kappa shape index (κ3) is 4.16. The first-order valence-corrected chi connectivity index (χ1v) is 8.28. The van der Waals surface area contributed by atoms with E-state index in [2.05, 4.69) is 5.10 Å². The van der Waals surface area contributed by atoms with Crippen molar-refractivity contribution in [2.24, 2.45) is 0 Å². The number of halogens is 3. The van der Waals surface area contributed by atoms with Crippen molar-refractivity contribution in [3.05, 3.63) is 76.1 Å². The number of ether oxygens (including phenoxy) is 2. The van der Waals surface area contributed by atoms with E-state index in [1.807, 2.05) is 0 Å². The maximum atomic E-state index is 12.9. The van der Waals surface area contributed by atoms with E-state index < -0.39 is 17.3 Å². The lowest BCUT2D eigenvalue weighted by Gasteiger charge is -2.12. The van der Waals surface area contributed by atoms with Gasteiger partial charge in [-0.25, -0.2) is 4.68 Å². The van der Waals surface area contributed by atoms with Gasteiger partial charge < -0.3 is 9.47 Å². The SMILES string of the molecule is COc1ccc(-c2ccc(=O)n(Cc3cccc(C(F)(F)F)c3)n2)c(OC)c1. The van der Waals surface area contributed by atoms with Gasteiger partial charge in [-0.2, -0.15) is 18.3 Å². The minimum absolute atomic E-state index is 0.0882. The summed E-state index contributed by atoms with van der Waals surface area (Å²) in [6, 6.07) is 12.8. The van der Waals surface area contributed by atoms with Gasteiger partial charge in [0.25, 0.3) is 5.56 Å². The number of aromatic nitrogens is 2. The van der Waals surface area contributed by atoms with Crippen LogP contribution in [0.1, 0.15) is 11.1 Å². The molecule has 0 fully saturated rings. The lowest BCUT2D eigenvalue weighted by Crippen LogP contribution is -2.23. The molecule has 0 aliphatic heterocycles. The predicted molar refractivity (Wildman–Crippen MR) is 97.6 cm³/mol. The first-order valence-electron chi connectivity index (χ1n) is 8.28. The Kier molecular flexibility index (Phi) is 5.39. The lowest BCUT2D eigenvalue weighted by atomic mass is 10.1. The monoisotopic (exact) mass is 390 g/mol. The van der Waals surface area contributed by atoms with Gasteiger partial charge in [0.1, 0.15) is 11.5 Å². The number of rotatable bonds is 5. The summed E-state index contributed by atoms with van der Waals surface area (Å²) >= 11 is 0. The van der Waals surface area contributed by atoms with Crippen molar-refractivity contribution >= 4 is 0 Å². The van der Waals surface area contributed by atoms with Gasteiger partial charge in [0.15, 0.2) is 0 Å². The van der Waals surface area contributed by atoms with Gasteiger partial charge in [-0.3, -0.25) is 4.79 Å². The smallest absolute Gasteiger partial charge is 0.416 e. The second-order valence-corrected chi connectivity index (χ2v) is 5.98. The number of alkyl halides is 3. The maximum Gasteiger partial charge on any atom is 0.416 e. The summed E-state index contributed by atoms with van der Waals surface area (Å²) in [5.74, 6) is 1.09. The van der Waals surface area contributed by atoms with Crippen molar-refractivity contribution < 1.29 is 22.6 Å². The Hall–Kier alpha value is -3.29. The van der Waals surface area contributed by atoms with Crippen LogP contribution in [0.15, 0.2) is 59.4 Å². The van der Waals surface area contributed by atoms with Gasteiger partial charge in [-0.05, 0) is 35.9 Å². The Balaban J connectivity index is 1.98. The summed E-state index contributed by atoms with van der Waals surface area (Å²) in [5, 5.41) is 4.30. The zero-order chi connectivity index (χ0) is 20.3. The largest absolute Gasteiger partial charge is 0.497 e. The fourth-order valence-corrected chi connectivity index (χ4v) is 2.73. The van der Waals surface area contributed by atoms with Gasteiger partial charge in [0.2, 0.25) is 0 Å². The Bertz CT molecular complexity index is 1050. The zero-order valence-electron chi connectivity index (χ0n) is 15.2. The lowest BCUT2D eigenvalue weighted by molar-refractivity contribution is -0.137. The highest BCUT2D eigenvalue weighted by Gasteiger charge is 2.30. The molecule has 146 valence electrons. The number of methoxy groups -OCH3 is 2. The summed E-state index contributed by atoms with van der Waals surface area (Å²) in [6.45, 7) is -0.0882. The van der Waals surface area contributed by atoms with Crippen LogP contribution < -0.4 is 15.0 Å². The van der Waals surface area contributed by atoms with Gasteiger partial charge in [0.05, 0.1) is 32.0 Å². The van der Waals surface area contributed by atoms with Crippen molar-refractivity contribution in [1.29, 1.82) is 0 Å². The summed E-state index contributed by atoms with van der Waals surface area (Å²) in [5.41, 5.74) is 0.204. The third-order valence-corrected chi connectivity index (χ3v) is 4.14. The molecule has 0 N–H and O–H groups in total. The standard InChI is InChI=1S/C20H17F3N2O3/c1-27-15-6-7-16(18(11-15)28-2)17-8-9-19(26)25(24-17)12-13-4-3-5-14(10-13)20(21,22)23/h3-11H,12H2,1-2H3. The molecule has 0 saturated carbocycles. The number of benzene rings is 2. The van der Waals surface area contributed by atoms with E-state index in [1.165, 1.54) is 38.5 Å². The molecule has 0 amide bonds. The summed E-state index contributed by atoms with van der Waals surface area (Å²) in [4.78, 5) is 12.2. The Morgan fingerprint density at radius 3 is 2.46 bits per heavy atom. The van der Waals surface area contributed by atoms with Gasteiger partial charge in [0, 0.05) is 17.7 Å². The number of hydrogen-bond donors (Lipinski definition) is 0. The fraction of sp³-hybridized carbons (Fsp3) is 0.200. The highest BCUT2D eigenvalue weighted by Crippen LogP contribution is 2.32. The molecular formula is C20H17F3N2O3. The van der Waals surface area contributed by atoms with E-state index >= 15 is 0 Å². The molecule has 0 radical (unpaired) electrons. The van der Waals surface area contributed by atoms with Crippen LogP contribution >= 0.6 is 0 Å². The Morgan fingerprint density at radius 2 is 1.79 bits per heavy atom. The van der Waals surface area contributed by atoms with Crippen LogP contribution in [0.3, 0.4) is 0 Å². The molecule has 0 aliphatic rings. The summed E-state index contributed by atoms with van der Waals surface area (Å²) in [7, 11) is 3.03. The highest BCUT2D eigenvalue weighted by molar-refractivity contribution is 5.68. The molecule has 0 atom stereocenters. The van der Waals surface area contributed by atoms with E-state index in [4.69, 9.17) is 9.47 Å². The van der Waals surface area contributed by atoms with Gasteiger partial charge in [-0.15, -0.1) is 0 Å². The third-order valence-electron chi connectivity index (χ3n) is 4.14. The first kappa shape index (κ1) is 19.5. The van der Waals surface area contributed by atoms with Crippen LogP contribution in [0, 0.1) is 0 Å². The molecule has 1 heterocycles. The predicted octanol–water partition coefficient (Wildman–Crippen LogP) is 3.99. The molecule has 8 heteroatoms. The first-order chi connectivity index (χ1) is 13.3. The van der Waals surface area contributed by atoms with Crippen LogP contribution in [-0.4, -0.2) is 24.0 Å². The average Bonchev–Trinajstić information content (AvgIpc) is 2.69. The van der Waals surface area contributed by atoms with Crippen molar-refractivity contribution in [3.63, 3.8) is 0 Å². The van der Waals surface area contributed by atoms with E-state index in [0.717, 1.165) is 16.8 Å². The van der Waals surface area contributed by atoms with Gasteiger partial charge >= 0.3 is 6.18 Å². The van der Waals surface area contributed by atoms with Crippen molar-refractivity contribution in [3.8, 4) is 22.8 Å². The van der Waals surface area contributed by atoms with Crippen molar-refractivity contribution in [2.45, 2.75) is 12.7 Å². The van der Waals surface area contributed by atoms with Crippen molar-refractivity contribution in [1.82, 2.24) is 9.78 Å². The summed E-state index contributed by atoms with van der Waals surface area (Å²) in [6.07, 6.45) is -4.45. The molecule has 0 unspecified atom stereocenters. The fourth-order valence-electron chi connectivity index (χ4n) is 2.73. The minimum atomic E-state index is -4.45. The maximum absolute atomic E-state index is 12.9. The molecular weight excluding hydrogens is 373 g/mol. The van der Waals surface area contributed by atoms with Crippen LogP contribution in [0.5, 0.6) is 11.5 Å². The molecule has 28 heavy (non-hydrogen) atoms. The molecule has 5 nitrogen and oxygen atoms in total. The van der Waals surface area contributed by atoms with Crippen LogP contribution in [0.4, 0.5) is 13.2 Å². The molecule has 0 saturated heterocycles. The number of hydrogen-bond acceptors (Lipinski definition) is 4. The number of nitrogens with zero attached hydrogens (tertiary/aromatic N) is 2. The molecule has 0 bridgehead atoms. The molecule has 3 aromatic rings. The Labute approximate surface area is 159 Å². The average molecular weight is 390 g/mol. The van der Waals surface area contributed by atoms with E-state index in [-0.39, 0.29) is 6.54 Å². The minimum Gasteiger partial charge on any atom is -0.497 e. The van der Waals surface area contributed by atoms with E-state index in [1.54, 1.807) is 18.2 Å². The van der Waals surface area contributed by atoms with E-state index in [9.17, 15) is 18.0 Å². The Morgan fingerprint density at radius 1 is 1.00 bits per heavy atom. The van der Waals surface area contributed by atoms with Crippen molar-refractivity contribution in [2.75, 3.05) is 14.2 Å². The second kappa shape index (κ2) is 7.75. The van der Waals surface area contributed by atoms with E-state index in [0.29, 0.717) is 28.3 Å². The summed E-state index contributed by atoms with van der Waals surface area (Å²) < 4.78 is 50.4. The molecule has 3 rings (SSSR count). The van der Waals surface area contributed by atoms with Gasteiger partial charge in [-0.1, -0.05) is 12.1 Å². The molecule has 0 spiro atoms. The topological polar surface area (TPSA) is 53.4 Å². The normalized spacial score (nSPS) is 11.3. The molecule has 0 aliphatic carbocycles. The highest BCUT2D eigenvalue weighted by atomic mass is 19.4. The quantitative estimate of drug-likeness (QED) is 0.661. The van der Waals surface area contributed by atoms with Crippen LogP contribution in [0.2, 0.25) is 0 Å². The van der Waals surface area contributed by atoms with Crippen LogP contribution in [-0.2, 0) is 12.7 Å². The molecule has 2 aromatic carbocycles. The zero-order valence-corrected chi connectivity index (χ0v) is 15.2. The second-order valence-electron chi connectivity index (χ2n) is 5.98. The van der Waals surface area contributed by atoms with Crippen LogP contribution in [0.25, 0.3) is 11.3 Å². The molecule has 1 aromatic heterocycles.